The molecule has 6 nitrogen and oxygen atoms in total. The predicted molar refractivity (Wildman–Crippen MR) is 97.3 cm³/mol. The quantitative estimate of drug-likeness (QED) is 0.777. The van der Waals surface area contributed by atoms with Crippen molar-refractivity contribution in [3.05, 3.63) is 64.2 Å². The van der Waals surface area contributed by atoms with Crippen molar-refractivity contribution in [2.45, 2.75) is 13.0 Å². The summed E-state index contributed by atoms with van der Waals surface area (Å²) in [5, 5.41) is 3.60. The van der Waals surface area contributed by atoms with Crippen molar-refractivity contribution in [1.82, 2.24) is 9.55 Å². The minimum Gasteiger partial charge on any atom is -0.495 e. The number of aromatic nitrogens is 2. The predicted octanol–water partition coefficient (Wildman–Crippen LogP) is 3.26. The van der Waals surface area contributed by atoms with Gasteiger partial charge >= 0.3 is 0 Å². The van der Waals surface area contributed by atoms with Gasteiger partial charge in [0.1, 0.15) is 11.8 Å². The van der Waals surface area contributed by atoms with Crippen molar-refractivity contribution in [1.29, 1.82) is 0 Å². The summed E-state index contributed by atoms with van der Waals surface area (Å²) in [6.45, 7) is 1.64. The van der Waals surface area contributed by atoms with Crippen LogP contribution in [0.1, 0.15) is 13.0 Å². The van der Waals surface area contributed by atoms with Gasteiger partial charge in [-0.05, 0) is 37.3 Å². The second kappa shape index (κ2) is 6.94. The number of benzene rings is 2. The van der Waals surface area contributed by atoms with E-state index in [9.17, 15) is 9.59 Å². The Balaban J connectivity index is 1.87. The highest BCUT2D eigenvalue weighted by Crippen LogP contribution is 2.27. The molecule has 0 spiro atoms. The van der Waals surface area contributed by atoms with E-state index in [2.05, 4.69) is 10.3 Å². The van der Waals surface area contributed by atoms with Gasteiger partial charge in [0.15, 0.2) is 0 Å². The molecule has 1 atom stereocenters. The summed E-state index contributed by atoms with van der Waals surface area (Å²) < 4.78 is 6.39. The fourth-order valence-corrected chi connectivity index (χ4v) is 2.73. The molecule has 2 aromatic carbocycles. The second-order valence-electron chi connectivity index (χ2n) is 5.49. The Morgan fingerprint density at radius 3 is 2.76 bits per heavy atom. The SMILES string of the molecule is COc1ccc(NC(=O)[C@H](C)n2cnc3ccccc3c2=O)cc1Cl. The number of carbonyl (C=O) groups is 1. The smallest absolute Gasteiger partial charge is 0.261 e. The molecule has 0 aliphatic carbocycles. The highest BCUT2D eigenvalue weighted by atomic mass is 35.5. The fourth-order valence-electron chi connectivity index (χ4n) is 2.48. The summed E-state index contributed by atoms with van der Waals surface area (Å²) in [5.74, 6) is 0.170. The van der Waals surface area contributed by atoms with E-state index in [0.29, 0.717) is 27.4 Å². The van der Waals surface area contributed by atoms with E-state index in [1.807, 2.05) is 6.07 Å². The zero-order chi connectivity index (χ0) is 18.0. The highest BCUT2D eigenvalue weighted by molar-refractivity contribution is 6.32. The van der Waals surface area contributed by atoms with Gasteiger partial charge in [0.2, 0.25) is 5.91 Å². The molecular formula is C18H16ClN3O3. The number of rotatable bonds is 4. The molecule has 7 heteroatoms. The minimum absolute atomic E-state index is 0.263. The molecule has 0 radical (unpaired) electrons. The zero-order valence-electron chi connectivity index (χ0n) is 13.7. The van der Waals surface area contributed by atoms with Crippen molar-refractivity contribution in [2.24, 2.45) is 0 Å². The molecule has 0 aliphatic heterocycles. The van der Waals surface area contributed by atoms with Crippen LogP contribution in [0.3, 0.4) is 0 Å². The Morgan fingerprint density at radius 2 is 2.04 bits per heavy atom. The molecule has 1 amide bonds. The van der Waals surface area contributed by atoms with E-state index in [0.717, 1.165) is 0 Å². The lowest BCUT2D eigenvalue weighted by Gasteiger charge is -2.15. The molecule has 128 valence electrons. The molecular weight excluding hydrogens is 342 g/mol. The van der Waals surface area contributed by atoms with Crippen LogP contribution < -0.4 is 15.6 Å². The van der Waals surface area contributed by atoms with E-state index in [1.54, 1.807) is 43.3 Å². The van der Waals surface area contributed by atoms with Gasteiger partial charge in [0.05, 0.1) is 29.4 Å². The standard InChI is InChI=1S/C18H16ClN3O3/c1-11(17(23)21-12-7-8-16(25-2)14(19)9-12)22-10-20-15-6-4-3-5-13(15)18(22)24/h3-11H,1-2H3,(H,21,23)/t11-/m0/s1. The van der Waals surface area contributed by atoms with Gasteiger partial charge < -0.3 is 10.1 Å². The molecule has 3 aromatic rings. The number of hydrogen-bond donors (Lipinski definition) is 1. The fraction of sp³-hybridized carbons (Fsp3) is 0.167. The third-order valence-electron chi connectivity index (χ3n) is 3.91. The summed E-state index contributed by atoms with van der Waals surface area (Å²) in [4.78, 5) is 29.3. The lowest BCUT2D eigenvalue weighted by Crippen LogP contribution is -2.31. The summed E-state index contributed by atoms with van der Waals surface area (Å²) in [7, 11) is 1.51. The third kappa shape index (κ3) is 3.34. The number of ether oxygens (including phenoxy) is 1. The van der Waals surface area contributed by atoms with E-state index in [-0.39, 0.29) is 11.5 Å². The Hall–Kier alpha value is -2.86. The van der Waals surface area contributed by atoms with Crippen molar-refractivity contribution in [3.63, 3.8) is 0 Å². The molecule has 1 aromatic heterocycles. The maximum Gasteiger partial charge on any atom is 0.261 e. The number of nitrogens with zero attached hydrogens (tertiary/aromatic N) is 2. The maximum atomic E-state index is 12.6. The number of anilines is 1. The van der Waals surface area contributed by atoms with Gasteiger partial charge in [-0.15, -0.1) is 0 Å². The average molecular weight is 358 g/mol. The van der Waals surface area contributed by atoms with Gasteiger partial charge in [-0.25, -0.2) is 4.98 Å². The topological polar surface area (TPSA) is 73.2 Å². The van der Waals surface area contributed by atoms with Gasteiger partial charge in [0.25, 0.3) is 5.56 Å². The van der Waals surface area contributed by atoms with Crippen LogP contribution in [0.2, 0.25) is 5.02 Å². The third-order valence-corrected chi connectivity index (χ3v) is 4.20. The second-order valence-corrected chi connectivity index (χ2v) is 5.90. The van der Waals surface area contributed by atoms with Gasteiger partial charge in [-0.1, -0.05) is 23.7 Å². The number of carbonyl (C=O) groups excluding carboxylic acids is 1. The largest absolute Gasteiger partial charge is 0.495 e. The molecule has 1 heterocycles. The minimum atomic E-state index is -0.731. The van der Waals surface area contributed by atoms with Gasteiger partial charge in [-0.2, -0.15) is 0 Å². The zero-order valence-corrected chi connectivity index (χ0v) is 14.4. The molecule has 25 heavy (non-hydrogen) atoms. The van der Waals surface area contributed by atoms with Crippen LogP contribution >= 0.6 is 11.6 Å². The Morgan fingerprint density at radius 1 is 1.28 bits per heavy atom. The van der Waals surface area contributed by atoms with Crippen molar-refractivity contribution in [3.8, 4) is 5.75 Å². The monoisotopic (exact) mass is 357 g/mol. The van der Waals surface area contributed by atoms with Crippen LogP contribution in [0.25, 0.3) is 10.9 Å². The summed E-state index contributed by atoms with van der Waals surface area (Å²) >= 11 is 6.06. The molecule has 1 N–H and O–H groups in total. The number of hydrogen-bond acceptors (Lipinski definition) is 4. The normalized spacial score (nSPS) is 12.0. The van der Waals surface area contributed by atoms with Crippen LogP contribution in [0.4, 0.5) is 5.69 Å². The summed E-state index contributed by atoms with van der Waals surface area (Å²) in [6, 6.07) is 11.2. The van der Waals surface area contributed by atoms with Crippen LogP contribution in [0.15, 0.2) is 53.6 Å². The molecule has 0 unspecified atom stereocenters. The number of methoxy groups -OCH3 is 1. The van der Waals surface area contributed by atoms with E-state index < -0.39 is 6.04 Å². The molecule has 3 rings (SSSR count). The first-order valence-electron chi connectivity index (χ1n) is 7.61. The Labute approximate surface area is 149 Å². The number of amides is 1. The van der Waals surface area contributed by atoms with Crippen LogP contribution in [-0.4, -0.2) is 22.6 Å². The Kier molecular flexibility index (Phi) is 4.72. The van der Waals surface area contributed by atoms with Crippen LogP contribution in [0.5, 0.6) is 5.75 Å². The molecule has 0 bridgehead atoms. The van der Waals surface area contributed by atoms with E-state index in [4.69, 9.17) is 16.3 Å². The molecule has 0 saturated carbocycles. The first-order chi connectivity index (χ1) is 12.0. The number of para-hydroxylation sites is 1. The van der Waals surface area contributed by atoms with Crippen LogP contribution in [0, 0.1) is 0 Å². The molecule has 0 aliphatic rings. The van der Waals surface area contributed by atoms with Crippen molar-refractivity contribution < 1.29 is 9.53 Å². The lowest BCUT2D eigenvalue weighted by atomic mass is 10.2. The van der Waals surface area contributed by atoms with Crippen molar-refractivity contribution in [2.75, 3.05) is 12.4 Å². The number of nitrogens with one attached hydrogen (secondary N) is 1. The Bertz CT molecular complexity index is 1000. The van der Waals surface area contributed by atoms with E-state index >= 15 is 0 Å². The van der Waals surface area contributed by atoms with Crippen molar-refractivity contribution >= 4 is 34.1 Å². The lowest BCUT2D eigenvalue weighted by molar-refractivity contribution is -0.118. The van der Waals surface area contributed by atoms with Gasteiger partial charge in [-0.3, -0.25) is 14.2 Å². The summed E-state index contributed by atoms with van der Waals surface area (Å²) in [5.41, 5.74) is 0.851. The maximum absolute atomic E-state index is 12.6. The number of halogens is 1. The van der Waals surface area contributed by atoms with E-state index in [1.165, 1.54) is 18.0 Å². The summed E-state index contributed by atoms with van der Waals surface area (Å²) in [6.07, 6.45) is 1.38. The number of fused-ring (bicyclic) bond motifs is 1. The first-order valence-corrected chi connectivity index (χ1v) is 7.99. The average Bonchev–Trinajstić information content (AvgIpc) is 2.62. The highest BCUT2D eigenvalue weighted by Gasteiger charge is 2.18. The molecule has 0 saturated heterocycles. The first kappa shape index (κ1) is 17.0. The molecule has 0 fully saturated rings. The van der Waals surface area contributed by atoms with Gasteiger partial charge in [0, 0.05) is 5.69 Å². The van der Waals surface area contributed by atoms with Crippen LogP contribution in [-0.2, 0) is 4.79 Å².